The van der Waals surface area contributed by atoms with E-state index in [1.807, 2.05) is 0 Å². The van der Waals surface area contributed by atoms with Crippen molar-refractivity contribution < 1.29 is 57.7 Å². The Kier molecular flexibility index (Phi) is 9.57. The molecule has 1 unspecified atom stereocenters. The molecule has 4 rings (SSSR count). The van der Waals surface area contributed by atoms with Crippen molar-refractivity contribution in [3.05, 3.63) is 96.6 Å². The summed E-state index contributed by atoms with van der Waals surface area (Å²) in [5.74, 6) is -3.76. The molecule has 0 saturated carbocycles. The normalized spacial score (nSPS) is 27.6. The number of aliphatic hydroxyl groups excluding tert-OH is 1. The Hall–Kier alpha value is -3.74. The van der Waals surface area contributed by atoms with Crippen molar-refractivity contribution >= 4 is 25.2 Å². The zero-order valence-corrected chi connectivity index (χ0v) is 25.0. The number of carbonyl (C=O) groups is 3. The van der Waals surface area contributed by atoms with Crippen LogP contribution < -0.4 is 9.05 Å². The first-order valence-corrected chi connectivity index (χ1v) is 15.0. The Labute approximate surface area is 253 Å². The smallest absolute Gasteiger partial charge is 0.395 e. The van der Waals surface area contributed by atoms with E-state index in [0.717, 1.165) is 20.8 Å². The molecular weight excluding hydrogens is 595 g/mol. The number of phosphoric ester groups is 1. The summed E-state index contributed by atoms with van der Waals surface area (Å²) in [5, 5.41) is 47.3. The van der Waals surface area contributed by atoms with Crippen molar-refractivity contribution in [2.75, 3.05) is 0 Å². The third kappa shape index (κ3) is 5.98. The fourth-order valence-corrected chi connectivity index (χ4v) is 6.55. The molecule has 0 bridgehead atoms. The highest BCUT2D eigenvalue weighted by molar-refractivity contribution is 7.49. The van der Waals surface area contributed by atoms with Crippen LogP contribution >= 0.6 is 7.82 Å². The van der Waals surface area contributed by atoms with E-state index in [-0.39, 0.29) is 17.1 Å². The van der Waals surface area contributed by atoms with Crippen LogP contribution in [-0.4, -0.2) is 73.1 Å². The van der Waals surface area contributed by atoms with Gasteiger partial charge in [-0.25, -0.2) is 9.09 Å². The third-order valence-corrected chi connectivity index (χ3v) is 8.79. The molecule has 1 saturated heterocycles. The number of aliphatic hydroxyl groups is 4. The summed E-state index contributed by atoms with van der Waals surface area (Å²) < 4.78 is 36.7. The number of ketones is 3. The van der Waals surface area contributed by atoms with Crippen molar-refractivity contribution in [2.45, 2.75) is 62.5 Å². The number of hydrogen-bond donors (Lipinski definition) is 4. The van der Waals surface area contributed by atoms with E-state index in [0.29, 0.717) is 0 Å². The summed E-state index contributed by atoms with van der Waals surface area (Å²) in [5.41, 5.74) is -9.77. The molecule has 1 aliphatic rings. The Balaban J connectivity index is 1.91. The number of benzene rings is 3. The van der Waals surface area contributed by atoms with Gasteiger partial charge in [0.25, 0.3) is 0 Å². The summed E-state index contributed by atoms with van der Waals surface area (Å²) >= 11 is 0. The largest absolute Gasteiger partial charge is 0.590 e. The Morgan fingerprint density at radius 1 is 0.795 bits per heavy atom. The molecule has 4 N–H and O–H groups in total. The molecule has 0 aromatic heterocycles. The van der Waals surface area contributed by atoms with Gasteiger partial charge in [0.1, 0.15) is 29.3 Å². The molecule has 1 heterocycles. The van der Waals surface area contributed by atoms with Gasteiger partial charge in [0.2, 0.25) is 11.9 Å². The summed E-state index contributed by atoms with van der Waals surface area (Å²) in [6.07, 6.45) is -7.76. The van der Waals surface area contributed by atoms with Gasteiger partial charge in [-0.3, -0.25) is 14.4 Å². The summed E-state index contributed by atoms with van der Waals surface area (Å²) in [4.78, 5) is 39.1. The predicted octanol–water partition coefficient (Wildman–Crippen LogP) is 2.56. The SMILES string of the molecule is CC(=O)C(O)[C@H]1O[C@@H](OP(=O)(Oc2ccccc2)Oc2ccccc2)[C@](O)(C(C)=O)[C@](O)(C(C)=O)[C@@]1(O)Cc1ccccc1. The molecular formula is C31H33O12P. The highest BCUT2D eigenvalue weighted by atomic mass is 31.2. The minimum atomic E-state index is -5.03. The number of Topliss-reactive ketones (excluding diaryl/α,β-unsaturated/α-hetero) is 3. The Bertz CT molecular complexity index is 1490. The van der Waals surface area contributed by atoms with Crippen LogP contribution in [0.3, 0.4) is 0 Å². The van der Waals surface area contributed by atoms with Gasteiger partial charge in [0.05, 0.1) is 0 Å². The second-order valence-corrected chi connectivity index (χ2v) is 12.0. The number of hydrogen-bond acceptors (Lipinski definition) is 12. The minimum absolute atomic E-state index is 0.0447. The van der Waals surface area contributed by atoms with Crippen molar-refractivity contribution in [1.82, 2.24) is 0 Å². The van der Waals surface area contributed by atoms with E-state index < -0.39 is 66.9 Å². The lowest BCUT2D eigenvalue weighted by molar-refractivity contribution is -0.370. The lowest BCUT2D eigenvalue weighted by atomic mass is 9.59. The van der Waals surface area contributed by atoms with E-state index in [1.165, 1.54) is 36.4 Å². The molecule has 0 radical (unpaired) electrons. The van der Waals surface area contributed by atoms with Crippen molar-refractivity contribution in [3.8, 4) is 11.5 Å². The fraction of sp³-hybridized carbons (Fsp3) is 0.323. The fourth-order valence-electron chi connectivity index (χ4n) is 5.23. The first-order valence-electron chi connectivity index (χ1n) is 13.5. The van der Waals surface area contributed by atoms with Crippen molar-refractivity contribution in [1.29, 1.82) is 0 Å². The Morgan fingerprint density at radius 3 is 1.66 bits per heavy atom. The van der Waals surface area contributed by atoms with Gasteiger partial charge >= 0.3 is 7.82 Å². The molecule has 3 aromatic rings. The van der Waals surface area contributed by atoms with Crippen molar-refractivity contribution in [3.63, 3.8) is 0 Å². The molecule has 1 aliphatic heterocycles. The topological polar surface area (TPSA) is 186 Å². The third-order valence-electron chi connectivity index (χ3n) is 7.47. The number of ether oxygens (including phenoxy) is 1. The molecule has 44 heavy (non-hydrogen) atoms. The summed E-state index contributed by atoms with van der Waals surface area (Å²) in [6, 6.07) is 22.9. The van der Waals surface area contributed by atoms with Gasteiger partial charge in [-0.05, 0) is 50.6 Å². The second-order valence-electron chi connectivity index (χ2n) is 10.5. The molecule has 13 heteroatoms. The summed E-state index contributed by atoms with van der Waals surface area (Å²) in [6.45, 7) is 2.51. The number of rotatable bonds is 12. The Morgan fingerprint density at radius 2 is 1.25 bits per heavy atom. The van der Waals surface area contributed by atoms with Gasteiger partial charge in [-0.15, -0.1) is 0 Å². The van der Waals surface area contributed by atoms with Crippen LogP contribution in [0.5, 0.6) is 11.5 Å². The molecule has 6 atom stereocenters. The van der Waals surface area contributed by atoms with Gasteiger partial charge in [-0.1, -0.05) is 66.7 Å². The molecule has 0 aliphatic carbocycles. The van der Waals surface area contributed by atoms with Gasteiger partial charge in [-0.2, -0.15) is 0 Å². The molecule has 0 spiro atoms. The standard InChI is InChI=1S/C31H33O12P/c1-20(32)26(35)27-29(36,19-23-13-7-4-8-14-23)31(38,22(3)34)30(37,21(2)33)28(40-27)43-44(39,41-24-15-9-5-10-16-24)42-25-17-11-6-12-18-25/h4-18,26-28,35-38H,19H2,1-3H3/t26?,27-,28+,29-,30-,31+/m1/s1. The average molecular weight is 629 g/mol. The first kappa shape index (κ1) is 33.2. The maximum Gasteiger partial charge on any atom is 0.590 e. The van der Waals surface area contributed by atoms with Crippen LogP contribution in [-0.2, 0) is 34.6 Å². The monoisotopic (exact) mass is 628 g/mol. The van der Waals surface area contributed by atoms with E-state index in [1.54, 1.807) is 54.6 Å². The van der Waals surface area contributed by atoms with Gasteiger partial charge in [0, 0.05) is 6.42 Å². The average Bonchev–Trinajstić information content (AvgIpc) is 2.98. The first-order chi connectivity index (χ1) is 20.7. The molecule has 1 fully saturated rings. The van der Waals surface area contributed by atoms with Crippen LogP contribution in [0.2, 0.25) is 0 Å². The minimum Gasteiger partial charge on any atom is -0.395 e. The summed E-state index contributed by atoms with van der Waals surface area (Å²) in [7, 11) is -5.03. The lowest BCUT2D eigenvalue weighted by Crippen LogP contribution is -2.86. The van der Waals surface area contributed by atoms with E-state index in [4.69, 9.17) is 18.3 Å². The maximum absolute atomic E-state index is 14.2. The zero-order valence-electron chi connectivity index (χ0n) is 24.1. The predicted molar refractivity (Wildman–Crippen MR) is 155 cm³/mol. The number of carbonyl (C=O) groups excluding carboxylic acids is 3. The van der Waals surface area contributed by atoms with Gasteiger partial charge in [0.15, 0.2) is 23.0 Å². The molecule has 0 amide bonds. The van der Waals surface area contributed by atoms with Gasteiger partial charge < -0.3 is 34.2 Å². The van der Waals surface area contributed by atoms with Crippen LogP contribution in [0.25, 0.3) is 0 Å². The van der Waals surface area contributed by atoms with Crippen LogP contribution in [0.1, 0.15) is 26.3 Å². The maximum atomic E-state index is 14.2. The quantitative estimate of drug-likeness (QED) is 0.215. The molecule has 12 nitrogen and oxygen atoms in total. The van der Waals surface area contributed by atoms with Crippen LogP contribution in [0, 0.1) is 0 Å². The second kappa shape index (κ2) is 12.7. The number of phosphoric acid groups is 1. The van der Waals surface area contributed by atoms with Crippen LogP contribution in [0.15, 0.2) is 91.0 Å². The molecule has 3 aromatic carbocycles. The highest BCUT2D eigenvalue weighted by Crippen LogP contribution is 2.56. The van der Waals surface area contributed by atoms with E-state index in [9.17, 15) is 39.4 Å². The lowest BCUT2D eigenvalue weighted by Gasteiger charge is -2.59. The van der Waals surface area contributed by atoms with Crippen LogP contribution in [0.4, 0.5) is 0 Å². The zero-order chi connectivity index (χ0) is 32.3. The highest BCUT2D eigenvalue weighted by Gasteiger charge is 2.78. The number of para-hydroxylation sites is 2. The van der Waals surface area contributed by atoms with E-state index in [2.05, 4.69) is 0 Å². The van der Waals surface area contributed by atoms with E-state index >= 15 is 0 Å². The van der Waals surface area contributed by atoms with Crippen molar-refractivity contribution in [2.24, 2.45) is 0 Å². The molecule has 234 valence electrons.